The number of nitrogens with one attached hydrogen (secondary N) is 1. The number of nitro benzene ring substituents is 1. The maximum Gasteiger partial charge on any atom is 0.269 e. The Balaban J connectivity index is 0.000000168. The van der Waals surface area contributed by atoms with Gasteiger partial charge in [-0.3, -0.25) is 29.9 Å². The molecular formula is C29H19Cl2N9O2. The molecule has 7 aromatic rings. The Kier molecular flexibility index (Phi) is 7.50. The first-order valence-corrected chi connectivity index (χ1v) is 13.3. The van der Waals surface area contributed by atoms with Crippen LogP contribution in [0.2, 0.25) is 10.3 Å². The fourth-order valence-electron chi connectivity index (χ4n) is 4.20. The molecule has 0 radical (unpaired) electrons. The first kappa shape index (κ1) is 26.9. The van der Waals surface area contributed by atoms with E-state index in [1.165, 1.54) is 12.1 Å². The summed E-state index contributed by atoms with van der Waals surface area (Å²) in [5.41, 5.74) is 7.86. The van der Waals surface area contributed by atoms with Crippen LogP contribution in [-0.2, 0) is 6.54 Å². The summed E-state index contributed by atoms with van der Waals surface area (Å²) >= 11 is 11.8. The first-order chi connectivity index (χ1) is 20.4. The SMILES string of the molecule is Clc1ccc2ncc(-c3cn[nH]c3)cc2n1.O=[N+]([O-])c1ccc(Cn2cc(-c3cnc4ccc(Cl)nc4c3)cn2)cc1. The number of fused-ring (bicyclic) bond motifs is 2. The molecule has 0 atom stereocenters. The second-order valence-electron chi connectivity index (χ2n) is 9.13. The molecule has 13 heteroatoms. The molecule has 42 heavy (non-hydrogen) atoms. The lowest BCUT2D eigenvalue weighted by Crippen LogP contribution is -1.99. The molecular weight excluding hydrogens is 577 g/mol. The van der Waals surface area contributed by atoms with Crippen molar-refractivity contribution in [1.82, 2.24) is 39.9 Å². The van der Waals surface area contributed by atoms with Crippen LogP contribution in [0.5, 0.6) is 0 Å². The van der Waals surface area contributed by atoms with E-state index >= 15 is 0 Å². The van der Waals surface area contributed by atoms with Gasteiger partial charge in [0.05, 0.1) is 45.9 Å². The maximum absolute atomic E-state index is 10.7. The van der Waals surface area contributed by atoms with Gasteiger partial charge in [0.15, 0.2) is 0 Å². The molecule has 0 aliphatic rings. The minimum Gasteiger partial charge on any atom is -0.285 e. The Hall–Kier alpha value is -5.26. The fraction of sp³-hybridized carbons (Fsp3) is 0.0345. The van der Waals surface area contributed by atoms with E-state index in [1.54, 1.807) is 53.7 Å². The van der Waals surface area contributed by atoms with Crippen LogP contribution in [0.15, 0.2) is 97.8 Å². The molecule has 0 aliphatic heterocycles. The average Bonchev–Trinajstić information content (AvgIpc) is 3.70. The van der Waals surface area contributed by atoms with Crippen LogP contribution < -0.4 is 0 Å². The van der Waals surface area contributed by atoms with E-state index in [9.17, 15) is 10.1 Å². The zero-order chi connectivity index (χ0) is 29.1. The van der Waals surface area contributed by atoms with Crippen molar-refractivity contribution >= 4 is 51.0 Å². The van der Waals surface area contributed by atoms with E-state index in [-0.39, 0.29) is 5.69 Å². The van der Waals surface area contributed by atoms with Crippen molar-refractivity contribution in [1.29, 1.82) is 0 Å². The number of hydrogen-bond donors (Lipinski definition) is 1. The number of benzene rings is 1. The van der Waals surface area contributed by atoms with Gasteiger partial charge in [-0.25, -0.2) is 9.97 Å². The molecule has 6 aromatic heterocycles. The number of rotatable bonds is 5. The van der Waals surface area contributed by atoms with Crippen molar-refractivity contribution in [3.05, 3.63) is 124 Å². The summed E-state index contributed by atoms with van der Waals surface area (Å²) < 4.78 is 1.77. The van der Waals surface area contributed by atoms with Crippen LogP contribution in [0.3, 0.4) is 0 Å². The van der Waals surface area contributed by atoms with Crippen LogP contribution in [0.25, 0.3) is 44.3 Å². The number of aromatic amines is 1. The van der Waals surface area contributed by atoms with Crippen molar-refractivity contribution in [3.8, 4) is 22.3 Å². The summed E-state index contributed by atoms with van der Waals surface area (Å²) in [5.74, 6) is 0. The Morgan fingerprint density at radius 1 is 0.738 bits per heavy atom. The predicted molar refractivity (Wildman–Crippen MR) is 160 cm³/mol. The third kappa shape index (κ3) is 6.07. The van der Waals surface area contributed by atoms with Gasteiger partial charge in [0, 0.05) is 59.2 Å². The Labute approximate surface area is 248 Å². The molecule has 0 saturated carbocycles. The highest BCUT2D eigenvalue weighted by molar-refractivity contribution is 6.30. The Morgan fingerprint density at radius 3 is 1.93 bits per heavy atom. The van der Waals surface area contributed by atoms with Crippen LogP contribution in [0, 0.1) is 10.1 Å². The van der Waals surface area contributed by atoms with Gasteiger partial charge in [0.2, 0.25) is 0 Å². The summed E-state index contributed by atoms with van der Waals surface area (Å²) in [6, 6.07) is 17.4. The zero-order valence-electron chi connectivity index (χ0n) is 21.6. The van der Waals surface area contributed by atoms with Gasteiger partial charge in [0.1, 0.15) is 10.3 Å². The summed E-state index contributed by atoms with van der Waals surface area (Å²) in [6.45, 7) is 0.517. The topological polar surface area (TPSA) is 141 Å². The first-order valence-electron chi connectivity index (χ1n) is 12.5. The lowest BCUT2D eigenvalue weighted by molar-refractivity contribution is -0.384. The molecule has 0 fully saturated rings. The molecule has 0 aliphatic carbocycles. The quantitative estimate of drug-likeness (QED) is 0.130. The van der Waals surface area contributed by atoms with Crippen LogP contribution in [0.4, 0.5) is 5.69 Å². The summed E-state index contributed by atoms with van der Waals surface area (Å²) in [4.78, 5) is 27.5. The average molecular weight is 596 g/mol. The van der Waals surface area contributed by atoms with Crippen molar-refractivity contribution in [3.63, 3.8) is 0 Å². The number of H-pyrrole nitrogens is 1. The van der Waals surface area contributed by atoms with Crippen LogP contribution in [-0.4, -0.2) is 44.8 Å². The van der Waals surface area contributed by atoms with Crippen LogP contribution in [0.1, 0.15) is 5.56 Å². The van der Waals surface area contributed by atoms with Crippen molar-refractivity contribution in [2.75, 3.05) is 0 Å². The van der Waals surface area contributed by atoms with Gasteiger partial charge in [-0.1, -0.05) is 35.3 Å². The summed E-state index contributed by atoms with van der Waals surface area (Å²) in [7, 11) is 0. The van der Waals surface area contributed by atoms with Gasteiger partial charge in [-0.2, -0.15) is 10.2 Å². The third-order valence-electron chi connectivity index (χ3n) is 6.30. The van der Waals surface area contributed by atoms with E-state index < -0.39 is 4.92 Å². The number of aromatic nitrogens is 8. The summed E-state index contributed by atoms with van der Waals surface area (Å²) in [6.07, 6.45) is 10.8. The third-order valence-corrected chi connectivity index (χ3v) is 6.72. The molecule has 0 saturated heterocycles. The second kappa shape index (κ2) is 11.7. The maximum atomic E-state index is 10.7. The fourth-order valence-corrected chi connectivity index (χ4v) is 4.51. The number of nitro groups is 1. The minimum atomic E-state index is -0.414. The monoisotopic (exact) mass is 595 g/mol. The van der Waals surface area contributed by atoms with Gasteiger partial charge in [-0.05, 0) is 42.0 Å². The molecule has 1 aromatic carbocycles. The predicted octanol–water partition coefficient (Wildman–Crippen LogP) is 6.78. The molecule has 0 spiro atoms. The van der Waals surface area contributed by atoms with E-state index in [2.05, 4.69) is 35.2 Å². The van der Waals surface area contributed by atoms with Crippen molar-refractivity contribution < 1.29 is 4.92 Å². The van der Waals surface area contributed by atoms with E-state index in [0.717, 1.165) is 49.9 Å². The van der Waals surface area contributed by atoms with Gasteiger partial charge in [0.25, 0.3) is 5.69 Å². The van der Waals surface area contributed by atoms with Gasteiger partial charge >= 0.3 is 0 Å². The van der Waals surface area contributed by atoms with Gasteiger partial charge in [-0.15, -0.1) is 0 Å². The lowest BCUT2D eigenvalue weighted by Gasteiger charge is -2.02. The van der Waals surface area contributed by atoms with E-state index in [4.69, 9.17) is 23.2 Å². The highest BCUT2D eigenvalue weighted by Gasteiger charge is 2.08. The molecule has 1 N–H and O–H groups in total. The molecule has 11 nitrogen and oxygen atoms in total. The summed E-state index contributed by atoms with van der Waals surface area (Å²) in [5, 5.41) is 22.6. The number of nitrogens with zero attached hydrogens (tertiary/aromatic N) is 8. The van der Waals surface area contributed by atoms with Crippen molar-refractivity contribution in [2.45, 2.75) is 6.54 Å². The Bertz CT molecular complexity index is 2030. The highest BCUT2D eigenvalue weighted by Crippen LogP contribution is 2.24. The van der Waals surface area contributed by atoms with Crippen LogP contribution >= 0.6 is 23.2 Å². The molecule has 7 rings (SSSR count). The highest BCUT2D eigenvalue weighted by atomic mass is 35.5. The largest absolute Gasteiger partial charge is 0.285 e. The number of halogens is 2. The molecule has 206 valence electrons. The molecule has 0 unspecified atom stereocenters. The number of non-ortho nitro benzene ring substituents is 1. The zero-order valence-corrected chi connectivity index (χ0v) is 23.1. The van der Waals surface area contributed by atoms with Gasteiger partial charge < -0.3 is 0 Å². The molecule has 0 amide bonds. The Morgan fingerprint density at radius 2 is 1.36 bits per heavy atom. The second-order valence-corrected chi connectivity index (χ2v) is 9.90. The normalized spacial score (nSPS) is 10.9. The minimum absolute atomic E-state index is 0.0725. The van der Waals surface area contributed by atoms with Crippen molar-refractivity contribution in [2.24, 2.45) is 0 Å². The molecule has 6 heterocycles. The smallest absolute Gasteiger partial charge is 0.269 e. The molecule has 0 bridgehead atoms. The lowest BCUT2D eigenvalue weighted by atomic mass is 10.1. The number of hydrogen-bond acceptors (Lipinski definition) is 8. The standard InChI is InChI=1S/C18H12ClN5O2.C11H7ClN4/c19-18-6-5-16-17(22-18)7-13(8-20-16)14-9-21-23(11-14)10-12-1-3-15(4-2-12)24(25)26;12-11-2-1-9-10(16-11)3-7(4-13-9)8-5-14-15-6-8/h1-9,11H,10H2;1-6H,(H,14,15). The van der Waals surface area contributed by atoms with E-state index in [1.807, 2.05) is 36.7 Å². The number of pyridine rings is 4. The van der Waals surface area contributed by atoms with E-state index in [0.29, 0.717) is 16.9 Å².